The minimum atomic E-state index is -3.81. The molecule has 0 saturated carbocycles. The molecule has 0 heterocycles. The first-order valence-electron chi connectivity index (χ1n) is 8.10. The van der Waals surface area contributed by atoms with Crippen molar-refractivity contribution in [3.05, 3.63) is 90.5 Å². The van der Waals surface area contributed by atoms with Crippen LogP contribution in [0.4, 0.5) is 5.69 Å². The summed E-state index contributed by atoms with van der Waals surface area (Å²) in [4.78, 5) is 11.0. The molecule has 3 aromatic carbocycles. The number of sulfonamides is 1. The number of rotatable bonds is 6. The van der Waals surface area contributed by atoms with Crippen LogP contribution in [0.1, 0.15) is 5.56 Å². The smallest absolute Gasteiger partial charge is 0.261 e. The Morgan fingerprint density at radius 2 is 1.59 bits per heavy atom. The summed E-state index contributed by atoms with van der Waals surface area (Å²) in [6, 6.07) is 23.0. The van der Waals surface area contributed by atoms with Gasteiger partial charge in [-0.2, -0.15) is 0 Å². The van der Waals surface area contributed by atoms with Gasteiger partial charge in [0.05, 0.1) is 10.6 Å². The molecule has 0 aliphatic heterocycles. The number of benzene rings is 3. The molecule has 0 aliphatic rings. The minimum absolute atomic E-state index is 0.0922. The summed E-state index contributed by atoms with van der Waals surface area (Å²) >= 11 is 5.28. The van der Waals surface area contributed by atoms with Gasteiger partial charge in [-0.1, -0.05) is 66.7 Å². The lowest BCUT2D eigenvalue weighted by Gasteiger charge is -2.13. The van der Waals surface area contributed by atoms with Crippen molar-refractivity contribution in [1.29, 1.82) is 0 Å². The highest BCUT2D eigenvalue weighted by molar-refractivity contribution is 7.92. The van der Waals surface area contributed by atoms with E-state index in [4.69, 9.17) is 11.6 Å². The second-order valence-corrected chi connectivity index (χ2v) is 7.78. The van der Waals surface area contributed by atoms with Crippen molar-refractivity contribution >= 4 is 38.6 Å². The standard InChI is InChI=1S/C21H16ClNO3S/c22-21(24)14-13-16-7-6-10-18(15-16)27(25,26)23-20-12-5-4-11-19(20)17-8-2-1-3-9-17/h1-15,23H. The highest BCUT2D eigenvalue weighted by atomic mass is 35.5. The molecule has 0 saturated heterocycles. The molecule has 3 rings (SSSR count). The molecule has 0 unspecified atom stereocenters. The predicted octanol–water partition coefficient (Wildman–Crippen LogP) is 4.93. The van der Waals surface area contributed by atoms with Crippen molar-refractivity contribution in [3.8, 4) is 11.1 Å². The van der Waals surface area contributed by atoms with Gasteiger partial charge in [-0.3, -0.25) is 9.52 Å². The summed E-state index contributed by atoms with van der Waals surface area (Å²) in [5.74, 6) is 0. The van der Waals surface area contributed by atoms with E-state index in [-0.39, 0.29) is 4.90 Å². The van der Waals surface area contributed by atoms with Crippen LogP contribution in [0.15, 0.2) is 89.8 Å². The Morgan fingerprint density at radius 3 is 2.33 bits per heavy atom. The van der Waals surface area contributed by atoms with Crippen LogP contribution >= 0.6 is 11.6 Å². The van der Waals surface area contributed by atoms with Crippen LogP contribution in [0.25, 0.3) is 17.2 Å². The number of nitrogens with one attached hydrogen (secondary N) is 1. The van der Waals surface area contributed by atoms with E-state index in [0.29, 0.717) is 11.3 Å². The largest absolute Gasteiger partial charge is 0.279 e. The molecule has 0 atom stereocenters. The summed E-state index contributed by atoms with van der Waals surface area (Å²) in [7, 11) is -3.81. The Labute approximate surface area is 163 Å². The van der Waals surface area contributed by atoms with Crippen molar-refractivity contribution in [3.63, 3.8) is 0 Å². The lowest BCUT2D eigenvalue weighted by molar-refractivity contribution is -0.107. The number of hydrogen-bond acceptors (Lipinski definition) is 3. The van der Waals surface area contributed by atoms with Gasteiger partial charge in [0.15, 0.2) is 0 Å². The third-order valence-corrected chi connectivity index (χ3v) is 5.32. The quantitative estimate of drug-likeness (QED) is 0.473. The summed E-state index contributed by atoms with van der Waals surface area (Å²) < 4.78 is 28.3. The molecule has 3 aromatic rings. The van der Waals surface area contributed by atoms with E-state index in [1.54, 1.807) is 24.3 Å². The molecule has 0 aliphatic carbocycles. The van der Waals surface area contributed by atoms with Crippen LogP contribution in [0.2, 0.25) is 0 Å². The predicted molar refractivity (Wildman–Crippen MR) is 109 cm³/mol. The van der Waals surface area contributed by atoms with E-state index in [9.17, 15) is 13.2 Å². The second kappa shape index (κ2) is 8.20. The molecular weight excluding hydrogens is 382 g/mol. The SMILES string of the molecule is O=C(Cl)C=Cc1cccc(S(=O)(=O)Nc2ccccc2-c2ccccc2)c1. The Balaban J connectivity index is 1.95. The van der Waals surface area contributed by atoms with Gasteiger partial charge in [-0.15, -0.1) is 0 Å². The Kier molecular flexibility index (Phi) is 5.74. The second-order valence-electron chi connectivity index (χ2n) is 5.73. The Hall–Kier alpha value is -2.89. The molecule has 136 valence electrons. The highest BCUT2D eigenvalue weighted by Gasteiger charge is 2.16. The summed E-state index contributed by atoms with van der Waals surface area (Å²) in [5.41, 5.74) is 2.74. The fourth-order valence-corrected chi connectivity index (χ4v) is 3.79. The maximum atomic E-state index is 12.8. The van der Waals surface area contributed by atoms with E-state index in [1.807, 2.05) is 42.5 Å². The molecular formula is C21H16ClNO3S. The monoisotopic (exact) mass is 397 g/mol. The number of para-hydroxylation sites is 1. The average molecular weight is 398 g/mol. The summed E-state index contributed by atoms with van der Waals surface area (Å²) in [5, 5.41) is -0.627. The van der Waals surface area contributed by atoms with Crippen LogP contribution in [-0.4, -0.2) is 13.7 Å². The molecule has 0 amide bonds. The third-order valence-electron chi connectivity index (χ3n) is 3.83. The topological polar surface area (TPSA) is 63.2 Å². The fourth-order valence-electron chi connectivity index (χ4n) is 2.59. The van der Waals surface area contributed by atoms with Crippen LogP contribution in [0.3, 0.4) is 0 Å². The van der Waals surface area contributed by atoms with E-state index < -0.39 is 15.3 Å². The average Bonchev–Trinajstić information content (AvgIpc) is 2.67. The van der Waals surface area contributed by atoms with Gasteiger partial charge in [-0.05, 0) is 47.0 Å². The van der Waals surface area contributed by atoms with Gasteiger partial charge in [0.25, 0.3) is 10.0 Å². The van der Waals surface area contributed by atoms with E-state index >= 15 is 0 Å². The molecule has 0 aromatic heterocycles. The van der Waals surface area contributed by atoms with Crippen LogP contribution in [0, 0.1) is 0 Å². The molecule has 6 heteroatoms. The maximum absolute atomic E-state index is 12.8. The van der Waals surface area contributed by atoms with Crippen molar-refractivity contribution in [2.45, 2.75) is 4.90 Å². The van der Waals surface area contributed by atoms with Gasteiger partial charge >= 0.3 is 0 Å². The first kappa shape index (κ1) is 18.9. The zero-order chi connectivity index (χ0) is 19.3. The van der Waals surface area contributed by atoms with Crippen molar-refractivity contribution in [1.82, 2.24) is 0 Å². The number of allylic oxidation sites excluding steroid dienone is 1. The molecule has 0 bridgehead atoms. The van der Waals surface area contributed by atoms with Crippen LogP contribution in [0.5, 0.6) is 0 Å². The van der Waals surface area contributed by atoms with Gasteiger partial charge in [0.1, 0.15) is 0 Å². The first-order valence-corrected chi connectivity index (χ1v) is 9.97. The van der Waals surface area contributed by atoms with Crippen molar-refractivity contribution < 1.29 is 13.2 Å². The molecule has 4 nitrogen and oxygen atoms in total. The van der Waals surface area contributed by atoms with Crippen LogP contribution < -0.4 is 4.72 Å². The highest BCUT2D eigenvalue weighted by Crippen LogP contribution is 2.29. The fraction of sp³-hybridized carbons (Fsp3) is 0. The Bertz CT molecular complexity index is 1090. The van der Waals surface area contributed by atoms with E-state index in [1.165, 1.54) is 24.3 Å². The zero-order valence-corrected chi connectivity index (χ0v) is 15.7. The number of hydrogen-bond donors (Lipinski definition) is 1. The van der Waals surface area contributed by atoms with E-state index in [0.717, 1.165) is 11.1 Å². The van der Waals surface area contributed by atoms with Crippen LogP contribution in [-0.2, 0) is 14.8 Å². The Morgan fingerprint density at radius 1 is 0.889 bits per heavy atom. The summed E-state index contributed by atoms with van der Waals surface area (Å²) in [6.45, 7) is 0. The van der Waals surface area contributed by atoms with Crippen molar-refractivity contribution in [2.24, 2.45) is 0 Å². The van der Waals surface area contributed by atoms with E-state index in [2.05, 4.69) is 4.72 Å². The number of halogens is 1. The van der Waals surface area contributed by atoms with Gasteiger partial charge in [0.2, 0.25) is 5.24 Å². The molecule has 1 N–H and O–H groups in total. The maximum Gasteiger partial charge on any atom is 0.261 e. The van der Waals surface area contributed by atoms with Gasteiger partial charge in [-0.25, -0.2) is 8.42 Å². The van der Waals surface area contributed by atoms with Crippen molar-refractivity contribution in [2.75, 3.05) is 4.72 Å². The first-order chi connectivity index (χ1) is 13.0. The third kappa shape index (κ3) is 4.84. The lowest BCUT2D eigenvalue weighted by atomic mass is 10.0. The molecule has 0 spiro atoms. The molecule has 27 heavy (non-hydrogen) atoms. The van der Waals surface area contributed by atoms with Gasteiger partial charge in [0, 0.05) is 5.56 Å². The minimum Gasteiger partial charge on any atom is -0.279 e. The molecule has 0 radical (unpaired) electrons. The van der Waals surface area contributed by atoms with Gasteiger partial charge < -0.3 is 0 Å². The molecule has 0 fully saturated rings. The number of carbonyl (C=O) groups excluding carboxylic acids is 1. The number of carbonyl (C=O) groups is 1. The number of anilines is 1. The zero-order valence-electron chi connectivity index (χ0n) is 14.2. The summed E-state index contributed by atoms with van der Waals surface area (Å²) in [6.07, 6.45) is 2.64. The normalized spacial score (nSPS) is 11.4. The lowest BCUT2D eigenvalue weighted by Crippen LogP contribution is -2.13.